The van der Waals surface area contributed by atoms with Crippen molar-refractivity contribution in [3.05, 3.63) is 29.8 Å². The van der Waals surface area contributed by atoms with Crippen LogP contribution in [0.1, 0.15) is 29.6 Å². The van der Waals surface area contributed by atoms with Crippen molar-refractivity contribution < 1.29 is 9.59 Å². The Morgan fingerprint density at radius 1 is 1.29 bits per heavy atom. The van der Waals surface area contributed by atoms with Crippen LogP contribution in [0, 0.1) is 0 Å². The van der Waals surface area contributed by atoms with Crippen molar-refractivity contribution in [2.75, 3.05) is 10.6 Å². The Balaban J connectivity index is 2.53. The second-order valence-electron chi connectivity index (χ2n) is 3.64. The fourth-order valence-corrected chi connectivity index (χ4v) is 1.75. The summed E-state index contributed by atoms with van der Waals surface area (Å²) in [5.41, 5.74) is 6.15. The Hall–Kier alpha value is -1.36. The Kier molecular flexibility index (Phi) is 5.69. The Morgan fingerprint density at radius 2 is 2.06 bits per heavy atom. The number of alkyl halides is 1. The summed E-state index contributed by atoms with van der Waals surface area (Å²) < 4.78 is 0. The number of primary amides is 1. The molecule has 0 aliphatic carbocycles. The highest BCUT2D eigenvalue weighted by atomic mass is 79.9. The number of nitrogens with one attached hydrogen (secondary N) is 1. The van der Waals surface area contributed by atoms with Gasteiger partial charge >= 0.3 is 0 Å². The second kappa shape index (κ2) is 7.06. The molecule has 4 nitrogen and oxygen atoms in total. The van der Waals surface area contributed by atoms with Gasteiger partial charge in [-0.2, -0.15) is 0 Å². The SMILES string of the molecule is NC(=O)c1cccc(NC(=O)CCCCBr)c1. The average Bonchev–Trinajstić information content (AvgIpc) is 2.29. The van der Waals surface area contributed by atoms with Crippen LogP contribution in [0.3, 0.4) is 0 Å². The highest BCUT2D eigenvalue weighted by Gasteiger charge is 2.04. The lowest BCUT2D eigenvalue weighted by Crippen LogP contribution is -2.14. The van der Waals surface area contributed by atoms with Gasteiger partial charge in [0.2, 0.25) is 11.8 Å². The van der Waals surface area contributed by atoms with Gasteiger partial charge in [-0.3, -0.25) is 9.59 Å². The van der Waals surface area contributed by atoms with Crippen molar-refractivity contribution in [1.29, 1.82) is 0 Å². The number of hydrogen-bond acceptors (Lipinski definition) is 2. The molecular weight excluding hydrogens is 284 g/mol. The Labute approximate surface area is 109 Å². The van der Waals surface area contributed by atoms with Crippen LogP contribution >= 0.6 is 15.9 Å². The number of carbonyl (C=O) groups is 2. The topological polar surface area (TPSA) is 72.2 Å². The first-order chi connectivity index (χ1) is 8.13. The standard InChI is InChI=1S/C12H15BrN2O2/c13-7-2-1-6-11(16)15-10-5-3-4-9(8-10)12(14)17/h3-5,8H,1-2,6-7H2,(H2,14,17)(H,15,16). The number of hydrogen-bond donors (Lipinski definition) is 2. The number of carbonyl (C=O) groups excluding carboxylic acids is 2. The van der Waals surface area contributed by atoms with E-state index in [1.807, 2.05) is 0 Å². The Morgan fingerprint density at radius 3 is 2.71 bits per heavy atom. The van der Waals surface area contributed by atoms with Gasteiger partial charge in [0.1, 0.15) is 0 Å². The summed E-state index contributed by atoms with van der Waals surface area (Å²) in [6.07, 6.45) is 2.29. The third-order valence-electron chi connectivity index (χ3n) is 2.22. The van der Waals surface area contributed by atoms with Crippen molar-refractivity contribution in [3.8, 4) is 0 Å². The third kappa shape index (κ3) is 4.99. The molecule has 17 heavy (non-hydrogen) atoms. The van der Waals surface area contributed by atoms with E-state index in [2.05, 4.69) is 21.2 Å². The third-order valence-corrected chi connectivity index (χ3v) is 2.78. The van der Waals surface area contributed by atoms with Crippen molar-refractivity contribution >= 4 is 33.4 Å². The molecule has 0 heterocycles. The first-order valence-electron chi connectivity index (χ1n) is 5.39. The maximum Gasteiger partial charge on any atom is 0.248 e. The number of nitrogens with two attached hydrogens (primary N) is 1. The van der Waals surface area contributed by atoms with Gasteiger partial charge < -0.3 is 11.1 Å². The smallest absolute Gasteiger partial charge is 0.248 e. The summed E-state index contributed by atoms with van der Waals surface area (Å²) in [5, 5.41) is 3.63. The minimum Gasteiger partial charge on any atom is -0.366 e. The molecule has 0 atom stereocenters. The summed E-state index contributed by atoms with van der Waals surface area (Å²) in [6.45, 7) is 0. The first-order valence-corrected chi connectivity index (χ1v) is 6.51. The van der Waals surface area contributed by atoms with E-state index < -0.39 is 5.91 Å². The zero-order valence-electron chi connectivity index (χ0n) is 9.41. The predicted molar refractivity (Wildman–Crippen MR) is 71.2 cm³/mol. The molecule has 0 bridgehead atoms. The number of benzene rings is 1. The van der Waals surface area contributed by atoms with Crippen LogP contribution in [-0.2, 0) is 4.79 Å². The molecule has 0 aromatic heterocycles. The van der Waals surface area contributed by atoms with Crippen LogP contribution in [-0.4, -0.2) is 17.1 Å². The van der Waals surface area contributed by atoms with E-state index in [4.69, 9.17) is 5.73 Å². The van der Waals surface area contributed by atoms with Gasteiger partial charge in [0.15, 0.2) is 0 Å². The molecule has 0 saturated carbocycles. The number of rotatable bonds is 6. The van der Waals surface area contributed by atoms with Crippen LogP contribution in [0.4, 0.5) is 5.69 Å². The highest BCUT2D eigenvalue weighted by Crippen LogP contribution is 2.11. The van der Waals surface area contributed by atoms with Crippen molar-refractivity contribution in [2.24, 2.45) is 5.73 Å². The molecule has 0 aliphatic heterocycles. The fraction of sp³-hybridized carbons (Fsp3) is 0.333. The van der Waals surface area contributed by atoms with Crippen LogP contribution in [0.5, 0.6) is 0 Å². The lowest BCUT2D eigenvalue weighted by Gasteiger charge is -2.05. The first kappa shape index (κ1) is 13.7. The average molecular weight is 299 g/mol. The maximum atomic E-state index is 11.5. The van der Waals surface area contributed by atoms with E-state index in [9.17, 15) is 9.59 Å². The summed E-state index contributed by atoms with van der Waals surface area (Å²) in [5.74, 6) is -0.548. The van der Waals surface area contributed by atoms with Crippen molar-refractivity contribution in [3.63, 3.8) is 0 Å². The lowest BCUT2D eigenvalue weighted by atomic mass is 10.2. The second-order valence-corrected chi connectivity index (χ2v) is 4.43. The summed E-state index contributed by atoms with van der Waals surface area (Å²) in [4.78, 5) is 22.5. The predicted octanol–water partition coefficient (Wildman–Crippen LogP) is 2.29. The molecule has 0 fully saturated rings. The molecule has 1 aromatic carbocycles. The Bertz CT molecular complexity index is 407. The van der Waals surface area contributed by atoms with Crippen LogP contribution in [0.15, 0.2) is 24.3 Å². The molecule has 2 amide bonds. The minimum absolute atomic E-state index is 0.0485. The van der Waals surface area contributed by atoms with E-state index in [0.29, 0.717) is 17.7 Å². The largest absolute Gasteiger partial charge is 0.366 e. The number of anilines is 1. The molecule has 0 saturated heterocycles. The summed E-state index contributed by atoms with van der Waals surface area (Å²) >= 11 is 3.31. The molecule has 0 radical (unpaired) electrons. The minimum atomic E-state index is -0.500. The van der Waals surface area contributed by atoms with E-state index >= 15 is 0 Å². The molecule has 92 valence electrons. The van der Waals surface area contributed by atoms with Gasteiger partial charge in [0.05, 0.1) is 0 Å². The molecule has 1 aromatic rings. The number of unbranched alkanes of at least 4 members (excludes halogenated alkanes) is 1. The van der Waals surface area contributed by atoms with Gasteiger partial charge in [0.25, 0.3) is 0 Å². The van der Waals surface area contributed by atoms with Gasteiger partial charge in [0, 0.05) is 23.0 Å². The molecule has 1 rings (SSSR count). The van der Waals surface area contributed by atoms with Gasteiger partial charge in [-0.05, 0) is 31.0 Å². The molecule has 3 N–H and O–H groups in total. The van der Waals surface area contributed by atoms with E-state index in [1.54, 1.807) is 24.3 Å². The molecule has 0 spiro atoms. The number of halogens is 1. The van der Waals surface area contributed by atoms with Crippen molar-refractivity contribution in [1.82, 2.24) is 0 Å². The van der Waals surface area contributed by atoms with E-state index in [0.717, 1.165) is 18.2 Å². The zero-order chi connectivity index (χ0) is 12.7. The fourth-order valence-electron chi connectivity index (χ4n) is 1.35. The lowest BCUT2D eigenvalue weighted by molar-refractivity contribution is -0.116. The van der Waals surface area contributed by atoms with Crippen LogP contribution in [0.25, 0.3) is 0 Å². The zero-order valence-corrected chi connectivity index (χ0v) is 11.0. The van der Waals surface area contributed by atoms with Gasteiger partial charge in [-0.15, -0.1) is 0 Å². The quantitative estimate of drug-likeness (QED) is 0.625. The van der Waals surface area contributed by atoms with E-state index in [-0.39, 0.29) is 5.91 Å². The van der Waals surface area contributed by atoms with Crippen molar-refractivity contribution in [2.45, 2.75) is 19.3 Å². The molecule has 5 heteroatoms. The highest BCUT2D eigenvalue weighted by molar-refractivity contribution is 9.09. The number of amides is 2. The molecule has 0 unspecified atom stereocenters. The van der Waals surface area contributed by atoms with E-state index in [1.165, 1.54) is 0 Å². The molecular formula is C12H15BrN2O2. The van der Waals surface area contributed by atoms with Gasteiger partial charge in [-0.25, -0.2) is 0 Å². The summed E-state index contributed by atoms with van der Waals surface area (Å²) in [6, 6.07) is 6.61. The van der Waals surface area contributed by atoms with Gasteiger partial charge in [-0.1, -0.05) is 22.0 Å². The molecule has 0 aliphatic rings. The monoisotopic (exact) mass is 298 g/mol. The normalized spacial score (nSPS) is 9.94. The maximum absolute atomic E-state index is 11.5. The van der Waals surface area contributed by atoms with Crippen LogP contribution < -0.4 is 11.1 Å². The van der Waals surface area contributed by atoms with Crippen LogP contribution in [0.2, 0.25) is 0 Å². The summed E-state index contributed by atoms with van der Waals surface area (Å²) in [7, 11) is 0.